The monoisotopic (exact) mass is 269 g/mol. The summed E-state index contributed by atoms with van der Waals surface area (Å²) >= 11 is 0. The third kappa shape index (κ3) is 3.31. The molecule has 0 aliphatic heterocycles. The van der Waals surface area contributed by atoms with Gasteiger partial charge in [-0.15, -0.1) is 0 Å². The lowest BCUT2D eigenvalue weighted by atomic mass is 9.94. The molecule has 0 aromatic heterocycles. The number of rotatable bonds is 3. The molecule has 0 unspecified atom stereocenters. The van der Waals surface area contributed by atoms with Gasteiger partial charge in [0, 0.05) is 6.04 Å². The van der Waals surface area contributed by atoms with E-state index in [0.717, 1.165) is 24.8 Å². The highest BCUT2D eigenvalue weighted by molar-refractivity contribution is 7.89. The summed E-state index contributed by atoms with van der Waals surface area (Å²) in [7, 11) is -3.46. The summed E-state index contributed by atoms with van der Waals surface area (Å²) in [6.45, 7) is 1.92. The molecule has 0 heterocycles. The van der Waals surface area contributed by atoms with Gasteiger partial charge in [-0.05, 0) is 44.7 Å². The Morgan fingerprint density at radius 1 is 1.22 bits per heavy atom. The Morgan fingerprint density at radius 2 is 1.89 bits per heavy atom. The molecule has 1 saturated carbocycles. The first-order valence-electron chi connectivity index (χ1n) is 6.24. The zero-order valence-corrected chi connectivity index (χ0v) is 11.3. The summed E-state index contributed by atoms with van der Waals surface area (Å²) in [5.41, 5.74) is 1.03. The standard InChI is InChI=1S/C13H19NO3S/c1-10-5-7-13(8-6-10)18(16,17)14-11-3-2-4-12(15)9-11/h5-8,11-12,14-15H,2-4,9H2,1H3/t11-,12+/m1/s1. The van der Waals surface area contributed by atoms with Crippen LogP contribution < -0.4 is 4.72 Å². The van der Waals surface area contributed by atoms with E-state index in [9.17, 15) is 13.5 Å². The molecule has 0 bridgehead atoms. The van der Waals surface area contributed by atoms with Crippen LogP contribution in [0.4, 0.5) is 0 Å². The van der Waals surface area contributed by atoms with E-state index in [1.165, 1.54) is 0 Å². The summed E-state index contributed by atoms with van der Waals surface area (Å²) in [5, 5.41) is 9.55. The molecule has 1 aromatic carbocycles. The first-order valence-corrected chi connectivity index (χ1v) is 7.73. The Labute approximate surface area is 108 Å². The van der Waals surface area contributed by atoms with Crippen molar-refractivity contribution in [1.82, 2.24) is 4.72 Å². The lowest BCUT2D eigenvalue weighted by Crippen LogP contribution is -2.39. The maximum atomic E-state index is 12.1. The number of aliphatic hydroxyl groups excluding tert-OH is 1. The molecule has 1 aromatic rings. The van der Waals surface area contributed by atoms with E-state index in [4.69, 9.17) is 0 Å². The molecular formula is C13H19NO3S. The van der Waals surface area contributed by atoms with E-state index in [0.29, 0.717) is 6.42 Å². The van der Waals surface area contributed by atoms with Gasteiger partial charge >= 0.3 is 0 Å². The van der Waals surface area contributed by atoms with Crippen molar-refractivity contribution < 1.29 is 13.5 Å². The molecule has 1 aliphatic carbocycles. The fourth-order valence-electron chi connectivity index (χ4n) is 2.28. The van der Waals surface area contributed by atoms with E-state index in [1.54, 1.807) is 24.3 Å². The first kappa shape index (κ1) is 13.5. The van der Waals surface area contributed by atoms with Crippen molar-refractivity contribution in [2.75, 3.05) is 0 Å². The Balaban J connectivity index is 2.09. The van der Waals surface area contributed by atoms with Crippen LogP contribution in [-0.4, -0.2) is 25.7 Å². The van der Waals surface area contributed by atoms with Crippen LogP contribution in [0.3, 0.4) is 0 Å². The van der Waals surface area contributed by atoms with Gasteiger partial charge in [0.15, 0.2) is 0 Å². The minimum absolute atomic E-state index is 0.153. The predicted octanol–water partition coefficient (Wildman–Crippen LogP) is 1.58. The number of benzene rings is 1. The predicted molar refractivity (Wildman–Crippen MR) is 69.8 cm³/mol. The molecule has 0 saturated heterocycles. The minimum atomic E-state index is -3.46. The van der Waals surface area contributed by atoms with Crippen molar-refractivity contribution in [1.29, 1.82) is 0 Å². The normalized spacial score (nSPS) is 25.0. The quantitative estimate of drug-likeness (QED) is 0.875. The number of sulfonamides is 1. The largest absolute Gasteiger partial charge is 0.393 e. The van der Waals surface area contributed by atoms with Gasteiger partial charge in [-0.2, -0.15) is 0 Å². The minimum Gasteiger partial charge on any atom is -0.393 e. The van der Waals surface area contributed by atoms with Crippen molar-refractivity contribution >= 4 is 10.0 Å². The fraction of sp³-hybridized carbons (Fsp3) is 0.538. The van der Waals surface area contributed by atoms with E-state index in [-0.39, 0.29) is 17.0 Å². The number of hydrogen-bond acceptors (Lipinski definition) is 3. The van der Waals surface area contributed by atoms with Crippen LogP contribution >= 0.6 is 0 Å². The highest BCUT2D eigenvalue weighted by Gasteiger charge is 2.25. The van der Waals surface area contributed by atoms with Gasteiger partial charge in [0.25, 0.3) is 0 Å². The first-order chi connectivity index (χ1) is 8.47. The van der Waals surface area contributed by atoms with Crippen LogP contribution in [0.25, 0.3) is 0 Å². The molecule has 0 radical (unpaired) electrons. The summed E-state index contributed by atoms with van der Waals surface area (Å²) < 4.78 is 26.9. The Kier molecular flexibility index (Phi) is 4.04. The molecule has 0 amide bonds. The second-order valence-electron chi connectivity index (χ2n) is 4.95. The average Bonchev–Trinajstić information content (AvgIpc) is 2.29. The topological polar surface area (TPSA) is 66.4 Å². The van der Waals surface area contributed by atoms with Crippen molar-refractivity contribution in [2.45, 2.75) is 49.6 Å². The van der Waals surface area contributed by atoms with Gasteiger partial charge in [0.1, 0.15) is 0 Å². The maximum absolute atomic E-state index is 12.1. The van der Waals surface area contributed by atoms with Gasteiger partial charge in [0.05, 0.1) is 11.0 Å². The molecule has 2 atom stereocenters. The molecule has 100 valence electrons. The highest BCUT2D eigenvalue weighted by atomic mass is 32.2. The fourth-order valence-corrected chi connectivity index (χ4v) is 3.56. The van der Waals surface area contributed by atoms with Crippen molar-refractivity contribution in [2.24, 2.45) is 0 Å². The zero-order chi connectivity index (χ0) is 13.2. The second-order valence-corrected chi connectivity index (χ2v) is 6.67. The Hall–Kier alpha value is -0.910. The SMILES string of the molecule is Cc1ccc(S(=O)(=O)N[C@@H]2CCC[C@H](O)C2)cc1. The molecule has 4 nitrogen and oxygen atoms in total. The van der Waals surface area contributed by atoms with E-state index < -0.39 is 10.0 Å². The van der Waals surface area contributed by atoms with Gasteiger partial charge in [-0.25, -0.2) is 13.1 Å². The van der Waals surface area contributed by atoms with Crippen LogP contribution in [0.1, 0.15) is 31.2 Å². The molecule has 0 spiro atoms. The van der Waals surface area contributed by atoms with E-state index in [1.807, 2.05) is 6.92 Å². The Morgan fingerprint density at radius 3 is 2.50 bits per heavy atom. The highest BCUT2D eigenvalue weighted by Crippen LogP contribution is 2.20. The van der Waals surface area contributed by atoms with Crippen LogP contribution in [-0.2, 0) is 10.0 Å². The lowest BCUT2D eigenvalue weighted by Gasteiger charge is -2.26. The number of hydrogen-bond donors (Lipinski definition) is 2. The smallest absolute Gasteiger partial charge is 0.240 e. The average molecular weight is 269 g/mol. The molecule has 2 rings (SSSR count). The van der Waals surface area contributed by atoms with Gasteiger partial charge in [0.2, 0.25) is 10.0 Å². The van der Waals surface area contributed by atoms with Crippen LogP contribution in [0.15, 0.2) is 29.2 Å². The molecule has 18 heavy (non-hydrogen) atoms. The molecular weight excluding hydrogens is 250 g/mol. The molecule has 5 heteroatoms. The van der Waals surface area contributed by atoms with E-state index in [2.05, 4.69) is 4.72 Å². The van der Waals surface area contributed by atoms with Gasteiger partial charge < -0.3 is 5.11 Å². The maximum Gasteiger partial charge on any atom is 0.240 e. The van der Waals surface area contributed by atoms with Gasteiger partial charge in [-0.3, -0.25) is 0 Å². The number of nitrogens with one attached hydrogen (secondary N) is 1. The summed E-state index contributed by atoms with van der Waals surface area (Å²) in [6, 6.07) is 6.63. The third-order valence-electron chi connectivity index (χ3n) is 3.30. The van der Waals surface area contributed by atoms with Gasteiger partial charge in [-0.1, -0.05) is 17.7 Å². The summed E-state index contributed by atoms with van der Waals surface area (Å²) in [5.74, 6) is 0. The molecule has 2 N–H and O–H groups in total. The second kappa shape index (κ2) is 5.38. The van der Waals surface area contributed by atoms with Crippen molar-refractivity contribution in [3.63, 3.8) is 0 Å². The molecule has 1 aliphatic rings. The number of aryl methyl sites for hydroxylation is 1. The summed E-state index contributed by atoms with van der Waals surface area (Å²) in [6.07, 6.45) is 2.54. The van der Waals surface area contributed by atoms with Crippen molar-refractivity contribution in [3.8, 4) is 0 Å². The van der Waals surface area contributed by atoms with Crippen molar-refractivity contribution in [3.05, 3.63) is 29.8 Å². The van der Waals surface area contributed by atoms with Crippen LogP contribution in [0.5, 0.6) is 0 Å². The zero-order valence-electron chi connectivity index (χ0n) is 10.5. The van der Waals surface area contributed by atoms with Crippen LogP contribution in [0, 0.1) is 6.92 Å². The Bertz CT molecular complexity index is 495. The lowest BCUT2D eigenvalue weighted by molar-refractivity contribution is 0.117. The third-order valence-corrected chi connectivity index (χ3v) is 4.84. The number of aliphatic hydroxyl groups is 1. The summed E-state index contributed by atoms with van der Waals surface area (Å²) in [4.78, 5) is 0.285. The van der Waals surface area contributed by atoms with Crippen LogP contribution in [0.2, 0.25) is 0 Å². The van der Waals surface area contributed by atoms with E-state index >= 15 is 0 Å². The molecule has 1 fully saturated rings.